The molecule has 0 bridgehead atoms. The quantitative estimate of drug-likeness (QED) is 0.727. The SMILES string of the molecule is CCN(CC)c1ccc(/C=C2/Sc3ccccc3C2=O)c(OC)c1. The minimum absolute atomic E-state index is 0.0884. The van der Waals surface area contributed by atoms with Gasteiger partial charge in [0.25, 0.3) is 0 Å². The fourth-order valence-corrected chi connectivity index (χ4v) is 3.92. The molecule has 0 saturated carbocycles. The lowest BCUT2D eigenvalue weighted by Crippen LogP contribution is -2.21. The molecule has 1 heterocycles. The van der Waals surface area contributed by atoms with Crippen molar-refractivity contribution in [3.8, 4) is 5.75 Å². The Hall–Kier alpha value is -2.20. The van der Waals surface area contributed by atoms with E-state index in [4.69, 9.17) is 4.74 Å². The standard InChI is InChI=1S/C20H21NO2S/c1-4-21(5-2)15-11-10-14(17(13-15)23-3)12-19-20(22)16-8-6-7-9-18(16)24-19/h6-13H,4-5H2,1-3H3/b19-12+. The number of carbonyl (C=O) groups is 1. The highest BCUT2D eigenvalue weighted by Gasteiger charge is 2.25. The molecule has 2 aromatic carbocycles. The maximum Gasteiger partial charge on any atom is 0.200 e. The second kappa shape index (κ2) is 7.14. The topological polar surface area (TPSA) is 29.5 Å². The van der Waals surface area contributed by atoms with Crippen LogP contribution in [-0.4, -0.2) is 26.0 Å². The second-order valence-corrected chi connectivity index (χ2v) is 6.62. The van der Waals surface area contributed by atoms with E-state index in [0.29, 0.717) is 0 Å². The number of anilines is 1. The largest absolute Gasteiger partial charge is 0.496 e. The van der Waals surface area contributed by atoms with Crippen LogP contribution in [0.5, 0.6) is 5.75 Å². The van der Waals surface area contributed by atoms with Crippen molar-refractivity contribution in [2.75, 3.05) is 25.1 Å². The van der Waals surface area contributed by atoms with Crippen LogP contribution in [0.15, 0.2) is 52.3 Å². The number of nitrogens with zero attached hydrogens (tertiary/aromatic N) is 1. The minimum Gasteiger partial charge on any atom is -0.496 e. The Bertz CT molecular complexity index is 794. The zero-order chi connectivity index (χ0) is 17.1. The fourth-order valence-electron chi connectivity index (χ4n) is 2.88. The highest BCUT2D eigenvalue weighted by molar-refractivity contribution is 8.04. The summed E-state index contributed by atoms with van der Waals surface area (Å²) >= 11 is 1.52. The third-order valence-corrected chi connectivity index (χ3v) is 5.31. The molecule has 24 heavy (non-hydrogen) atoms. The lowest BCUT2D eigenvalue weighted by molar-refractivity contribution is 0.104. The number of benzene rings is 2. The third-order valence-electron chi connectivity index (χ3n) is 4.21. The van der Waals surface area contributed by atoms with Crippen molar-refractivity contribution in [2.24, 2.45) is 0 Å². The summed E-state index contributed by atoms with van der Waals surface area (Å²) in [6.07, 6.45) is 1.93. The van der Waals surface area contributed by atoms with E-state index in [-0.39, 0.29) is 5.78 Å². The monoisotopic (exact) mass is 339 g/mol. The number of Topliss-reactive ketones (excluding diaryl/α,β-unsaturated/α-hetero) is 1. The van der Waals surface area contributed by atoms with Gasteiger partial charge < -0.3 is 9.64 Å². The lowest BCUT2D eigenvalue weighted by atomic mass is 10.1. The number of allylic oxidation sites excluding steroid dienone is 1. The van der Waals surface area contributed by atoms with Crippen LogP contribution in [-0.2, 0) is 0 Å². The zero-order valence-corrected chi connectivity index (χ0v) is 15.0. The smallest absolute Gasteiger partial charge is 0.200 e. The van der Waals surface area contributed by atoms with Gasteiger partial charge in [-0.1, -0.05) is 23.9 Å². The van der Waals surface area contributed by atoms with E-state index in [2.05, 4.69) is 24.8 Å². The van der Waals surface area contributed by atoms with Crippen molar-refractivity contribution in [3.05, 3.63) is 58.5 Å². The number of methoxy groups -OCH3 is 1. The van der Waals surface area contributed by atoms with Crippen molar-refractivity contribution in [1.82, 2.24) is 0 Å². The van der Waals surface area contributed by atoms with Gasteiger partial charge in [0.1, 0.15) is 5.75 Å². The van der Waals surface area contributed by atoms with Crippen LogP contribution in [0.3, 0.4) is 0 Å². The Balaban J connectivity index is 1.95. The van der Waals surface area contributed by atoms with Crippen LogP contribution >= 0.6 is 11.8 Å². The first-order chi connectivity index (χ1) is 11.7. The van der Waals surface area contributed by atoms with Gasteiger partial charge in [0.2, 0.25) is 5.78 Å². The Morgan fingerprint density at radius 3 is 2.54 bits per heavy atom. The average molecular weight is 339 g/mol. The summed E-state index contributed by atoms with van der Waals surface area (Å²) in [5, 5.41) is 0. The Labute approximate surface area is 147 Å². The van der Waals surface area contributed by atoms with Crippen molar-refractivity contribution in [2.45, 2.75) is 18.7 Å². The molecule has 0 aromatic heterocycles. The minimum atomic E-state index is 0.0884. The molecule has 0 unspecified atom stereocenters. The summed E-state index contributed by atoms with van der Waals surface area (Å²) in [5.41, 5.74) is 2.84. The number of ether oxygens (including phenoxy) is 1. The van der Waals surface area contributed by atoms with E-state index >= 15 is 0 Å². The molecule has 0 N–H and O–H groups in total. The van der Waals surface area contributed by atoms with Crippen LogP contribution in [0.25, 0.3) is 6.08 Å². The molecule has 3 nitrogen and oxygen atoms in total. The maximum atomic E-state index is 12.5. The molecular formula is C20H21NO2S. The van der Waals surface area contributed by atoms with Crippen LogP contribution in [0, 0.1) is 0 Å². The number of hydrogen-bond donors (Lipinski definition) is 0. The Morgan fingerprint density at radius 1 is 1.12 bits per heavy atom. The molecule has 2 aromatic rings. The van der Waals surface area contributed by atoms with E-state index in [1.807, 2.05) is 42.5 Å². The molecule has 3 rings (SSSR count). The first-order valence-electron chi connectivity index (χ1n) is 8.14. The molecule has 1 aliphatic rings. The van der Waals surface area contributed by atoms with Gasteiger partial charge in [0.15, 0.2) is 0 Å². The second-order valence-electron chi connectivity index (χ2n) is 5.53. The zero-order valence-electron chi connectivity index (χ0n) is 14.2. The summed E-state index contributed by atoms with van der Waals surface area (Å²) in [7, 11) is 1.67. The van der Waals surface area contributed by atoms with Gasteiger partial charge in [0.05, 0.1) is 12.0 Å². The number of carbonyl (C=O) groups excluding carboxylic acids is 1. The van der Waals surface area contributed by atoms with E-state index in [9.17, 15) is 4.79 Å². The van der Waals surface area contributed by atoms with E-state index < -0.39 is 0 Å². The third kappa shape index (κ3) is 3.06. The Kier molecular flexibility index (Phi) is 4.95. The average Bonchev–Trinajstić information content (AvgIpc) is 2.93. The van der Waals surface area contributed by atoms with Gasteiger partial charge in [0, 0.05) is 40.9 Å². The molecule has 0 amide bonds. The lowest BCUT2D eigenvalue weighted by Gasteiger charge is -2.22. The number of hydrogen-bond acceptors (Lipinski definition) is 4. The van der Waals surface area contributed by atoms with E-state index in [1.165, 1.54) is 11.8 Å². The predicted octanol–water partition coefficient (Wildman–Crippen LogP) is 4.87. The van der Waals surface area contributed by atoms with E-state index in [0.717, 1.165) is 45.5 Å². The van der Waals surface area contributed by atoms with Crippen LogP contribution < -0.4 is 9.64 Å². The van der Waals surface area contributed by atoms with Gasteiger partial charge in [-0.3, -0.25) is 4.79 Å². The summed E-state index contributed by atoms with van der Waals surface area (Å²) in [6, 6.07) is 13.9. The maximum absolute atomic E-state index is 12.5. The molecule has 0 saturated heterocycles. The number of fused-ring (bicyclic) bond motifs is 1. The number of thioether (sulfide) groups is 1. The molecule has 0 atom stereocenters. The number of ketones is 1. The van der Waals surface area contributed by atoms with Gasteiger partial charge in [-0.05, 0) is 44.2 Å². The van der Waals surface area contributed by atoms with Crippen LogP contribution in [0.1, 0.15) is 29.8 Å². The highest BCUT2D eigenvalue weighted by atomic mass is 32.2. The fraction of sp³-hybridized carbons (Fsp3) is 0.250. The van der Waals surface area contributed by atoms with Gasteiger partial charge in [-0.25, -0.2) is 0 Å². The van der Waals surface area contributed by atoms with Gasteiger partial charge >= 0.3 is 0 Å². The molecule has 0 spiro atoms. The summed E-state index contributed by atoms with van der Waals surface area (Å²) < 4.78 is 5.56. The summed E-state index contributed by atoms with van der Waals surface area (Å²) in [5.74, 6) is 0.877. The molecule has 0 radical (unpaired) electrons. The summed E-state index contributed by atoms with van der Waals surface area (Å²) in [6.45, 7) is 6.17. The molecule has 4 heteroatoms. The van der Waals surface area contributed by atoms with Crippen LogP contribution in [0.4, 0.5) is 5.69 Å². The van der Waals surface area contributed by atoms with Crippen molar-refractivity contribution in [1.29, 1.82) is 0 Å². The van der Waals surface area contributed by atoms with Gasteiger partial charge in [-0.15, -0.1) is 0 Å². The van der Waals surface area contributed by atoms with Crippen molar-refractivity contribution in [3.63, 3.8) is 0 Å². The molecule has 124 valence electrons. The molecule has 1 aliphatic heterocycles. The van der Waals surface area contributed by atoms with E-state index in [1.54, 1.807) is 7.11 Å². The number of rotatable bonds is 5. The van der Waals surface area contributed by atoms with Crippen LogP contribution in [0.2, 0.25) is 0 Å². The Morgan fingerprint density at radius 2 is 1.88 bits per heavy atom. The van der Waals surface area contributed by atoms with Crippen molar-refractivity contribution >= 4 is 29.3 Å². The highest BCUT2D eigenvalue weighted by Crippen LogP contribution is 2.41. The molecule has 0 fully saturated rings. The summed E-state index contributed by atoms with van der Waals surface area (Å²) in [4.78, 5) is 16.6. The normalized spacial score (nSPS) is 14.8. The molecular weight excluding hydrogens is 318 g/mol. The predicted molar refractivity (Wildman–Crippen MR) is 101 cm³/mol. The first-order valence-corrected chi connectivity index (χ1v) is 8.95. The molecule has 0 aliphatic carbocycles. The van der Waals surface area contributed by atoms with Gasteiger partial charge in [-0.2, -0.15) is 0 Å². The first kappa shape index (κ1) is 16.7. The van der Waals surface area contributed by atoms with Crippen molar-refractivity contribution < 1.29 is 9.53 Å².